The van der Waals surface area contributed by atoms with E-state index in [1.807, 2.05) is 31.3 Å². The number of rotatable bonds is 3. The van der Waals surface area contributed by atoms with Crippen LogP contribution in [0.5, 0.6) is 0 Å². The summed E-state index contributed by atoms with van der Waals surface area (Å²) >= 11 is 0. The topological polar surface area (TPSA) is 69.9 Å². The van der Waals surface area contributed by atoms with E-state index in [1.165, 1.54) is 6.33 Å². The van der Waals surface area contributed by atoms with Crippen molar-refractivity contribution in [3.63, 3.8) is 0 Å². The number of aromatic nitrogens is 3. The average molecular weight is 242 g/mol. The zero-order chi connectivity index (χ0) is 12.5. The molecule has 1 aromatic carbocycles. The number of fused-ring (bicyclic) bond motifs is 1. The summed E-state index contributed by atoms with van der Waals surface area (Å²) in [5, 5.41) is 5.10. The van der Waals surface area contributed by atoms with Crippen LogP contribution in [0.15, 0.2) is 41.3 Å². The first-order valence-electron chi connectivity index (χ1n) is 5.80. The lowest BCUT2D eigenvalue weighted by atomic mass is 10.0. The van der Waals surface area contributed by atoms with Crippen molar-refractivity contribution in [1.29, 1.82) is 0 Å². The van der Waals surface area contributed by atoms with Gasteiger partial charge in [0, 0.05) is 30.5 Å². The van der Waals surface area contributed by atoms with E-state index in [-0.39, 0.29) is 6.04 Å². The fourth-order valence-corrected chi connectivity index (χ4v) is 2.10. The minimum atomic E-state index is -0.142. The number of aryl methyl sites for hydroxylation is 1. The number of benzene rings is 1. The fraction of sp³-hybridized carbons (Fsp3) is 0.231. The van der Waals surface area contributed by atoms with E-state index >= 15 is 0 Å². The first-order valence-corrected chi connectivity index (χ1v) is 5.80. The van der Waals surface area contributed by atoms with Gasteiger partial charge in [-0.3, -0.25) is 4.68 Å². The molecule has 0 aliphatic rings. The molecule has 0 amide bonds. The van der Waals surface area contributed by atoms with Gasteiger partial charge in [-0.05, 0) is 6.07 Å². The van der Waals surface area contributed by atoms with E-state index < -0.39 is 0 Å². The molecule has 2 heterocycles. The highest BCUT2D eigenvalue weighted by Crippen LogP contribution is 2.26. The van der Waals surface area contributed by atoms with Crippen molar-refractivity contribution in [2.24, 2.45) is 12.8 Å². The molecule has 0 aliphatic carbocycles. The Bertz CT molecular complexity index is 670. The van der Waals surface area contributed by atoms with Gasteiger partial charge in [-0.25, -0.2) is 4.98 Å². The third-order valence-corrected chi connectivity index (χ3v) is 3.12. The van der Waals surface area contributed by atoms with Gasteiger partial charge in [0.1, 0.15) is 17.7 Å². The van der Waals surface area contributed by atoms with Crippen LogP contribution in [0.2, 0.25) is 0 Å². The van der Waals surface area contributed by atoms with Crippen molar-refractivity contribution in [2.45, 2.75) is 12.5 Å². The van der Waals surface area contributed by atoms with Gasteiger partial charge in [0.2, 0.25) is 0 Å². The molecule has 0 saturated heterocycles. The van der Waals surface area contributed by atoms with Gasteiger partial charge in [-0.1, -0.05) is 18.2 Å². The van der Waals surface area contributed by atoms with Crippen molar-refractivity contribution >= 4 is 11.0 Å². The lowest BCUT2D eigenvalue weighted by Gasteiger charge is -2.09. The number of hydrogen-bond acceptors (Lipinski definition) is 4. The van der Waals surface area contributed by atoms with Crippen LogP contribution in [-0.4, -0.2) is 14.8 Å². The highest BCUT2D eigenvalue weighted by atomic mass is 16.3. The van der Waals surface area contributed by atoms with Crippen LogP contribution < -0.4 is 5.73 Å². The highest BCUT2D eigenvalue weighted by molar-refractivity contribution is 5.81. The Kier molecular flexibility index (Phi) is 2.60. The summed E-state index contributed by atoms with van der Waals surface area (Å²) in [5.41, 5.74) is 8.09. The molecule has 0 aliphatic heterocycles. The fourth-order valence-electron chi connectivity index (χ4n) is 2.10. The number of furan rings is 1. The van der Waals surface area contributed by atoms with Gasteiger partial charge < -0.3 is 10.2 Å². The predicted molar refractivity (Wildman–Crippen MR) is 67.8 cm³/mol. The van der Waals surface area contributed by atoms with Gasteiger partial charge in [-0.15, -0.1) is 0 Å². The molecule has 5 heteroatoms. The van der Waals surface area contributed by atoms with E-state index in [2.05, 4.69) is 10.1 Å². The zero-order valence-electron chi connectivity index (χ0n) is 10.1. The SMILES string of the molecule is Cn1ncnc1CC(N)c1coc2ccccc12. The van der Waals surface area contributed by atoms with Crippen LogP contribution >= 0.6 is 0 Å². The highest BCUT2D eigenvalue weighted by Gasteiger charge is 2.15. The Balaban J connectivity index is 1.93. The quantitative estimate of drug-likeness (QED) is 0.760. The van der Waals surface area contributed by atoms with Crippen molar-refractivity contribution < 1.29 is 4.42 Å². The van der Waals surface area contributed by atoms with Gasteiger partial charge in [-0.2, -0.15) is 5.10 Å². The maximum Gasteiger partial charge on any atom is 0.138 e. The molecule has 92 valence electrons. The molecule has 5 nitrogen and oxygen atoms in total. The largest absolute Gasteiger partial charge is 0.464 e. The van der Waals surface area contributed by atoms with Gasteiger partial charge >= 0.3 is 0 Å². The van der Waals surface area contributed by atoms with Crippen molar-refractivity contribution in [1.82, 2.24) is 14.8 Å². The second kappa shape index (κ2) is 4.27. The Hall–Kier alpha value is -2.14. The lowest BCUT2D eigenvalue weighted by molar-refractivity contribution is 0.588. The van der Waals surface area contributed by atoms with Gasteiger partial charge in [0.05, 0.1) is 6.26 Å². The summed E-state index contributed by atoms with van der Waals surface area (Å²) < 4.78 is 7.23. The van der Waals surface area contributed by atoms with Gasteiger partial charge in [0.15, 0.2) is 0 Å². The molecular formula is C13H14N4O. The van der Waals surface area contributed by atoms with Crippen molar-refractivity contribution in [3.05, 3.63) is 48.2 Å². The normalized spacial score (nSPS) is 13.0. The molecule has 0 fully saturated rings. The summed E-state index contributed by atoms with van der Waals surface area (Å²) in [6.07, 6.45) is 3.90. The molecule has 18 heavy (non-hydrogen) atoms. The maximum atomic E-state index is 6.22. The number of nitrogens with zero attached hydrogens (tertiary/aromatic N) is 3. The minimum Gasteiger partial charge on any atom is -0.464 e. The van der Waals surface area contributed by atoms with Gasteiger partial charge in [0.25, 0.3) is 0 Å². The number of para-hydroxylation sites is 1. The summed E-state index contributed by atoms with van der Waals surface area (Å²) in [6, 6.07) is 7.75. The molecule has 0 bridgehead atoms. The Morgan fingerprint density at radius 2 is 2.22 bits per heavy atom. The number of nitrogens with two attached hydrogens (primary N) is 1. The summed E-state index contributed by atoms with van der Waals surface area (Å²) in [5.74, 6) is 0.868. The molecule has 1 atom stereocenters. The van der Waals surface area contributed by atoms with Crippen LogP contribution in [0, 0.1) is 0 Å². The number of hydrogen-bond donors (Lipinski definition) is 1. The standard InChI is InChI=1S/C13H14N4O/c1-17-13(15-8-16-17)6-11(14)10-7-18-12-5-3-2-4-9(10)12/h2-5,7-8,11H,6,14H2,1H3. The maximum absolute atomic E-state index is 6.22. The smallest absolute Gasteiger partial charge is 0.138 e. The Morgan fingerprint density at radius 1 is 1.39 bits per heavy atom. The third kappa shape index (κ3) is 1.78. The summed E-state index contributed by atoms with van der Waals surface area (Å²) in [7, 11) is 1.86. The average Bonchev–Trinajstić information content (AvgIpc) is 2.96. The van der Waals surface area contributed by atoms with Crippen LogP contribution in [-0.2, 0) is 13.5 Å². The van der Waals surface area contributed by atoms with E-state index in [0.29, 0.717) is 6.42 Å². The third-order valence-electron chi connectivity index (χ3n) is 3.12. The molecule has 2 N–H and O–H groups in total. The van der Waals surface area contributed by atoms with Crippen LogP contribution in [0.4, 0.5) is 0 Å². The van der Waals surface area contributed by atoms with E-state index in [4.69, 9.17) is 10.2 Å². The van der Waals surface area contributed by atoms with Crippen LogP contribution in [0.25, 0.3) is 11.0 Å². The van der Waals surface area contributed by atoms with Crippen LogP contribution in [0.1, 0.15) is 17.4 Å². The van der Waals surface area contributed by atoms with Crippen molar-refractivity contribution in [3.8, 4) is 0 Å². The second-order valence-corrected chi connectivity index (χ2v) is 4.30. The first-order chi connectivity index (χ1) is 8.75. The molecule has 3 rings (SSSR count). The lowest BCUT2D eigenvalue weighted by Crippen LogP contribution is -2.15. The Morgan fingerprint density at radius 3 is 3.00 bits per heavy atom. The molecule has 3 aromatic rings. The molecule has 0 radical (unpaired) electrons. The Labute approximate surface area is 104 Å². The van der Waals surface area contributed by atoms with E-state index in [0.717, 1.165) is 22.4 Å². The summed E-state index contributed by atoms with van der Waals surface area (Å²) in [4.78, 5) is 4.19. The molecule has 0 spiro atoms. The predicted octanol–water partition coefficient (Wildman–Crippen LogP) is 1.80. The van der Waals surface area contributed by atoms with E-state index in [9.17, 15) is 0 Å². The molecule has 1 unspecified atom stereocenters. The second-order valence-electron chi connectivity index (χ2n) is 4.30. The molecule has 0 saturated carbocycles. The molecular weight excluding hydrogens is 228 g/mol. The van der Waals surface area contributed by atoms with E-state index in [1.54, 1.807) is 10.9 Å². The van der Waals surface area contributed by atoms with Crippen molar-refractivity contribution in [2.75, 3.05) is 0 Å². The first kappa shape index (κ1) is 11.0. The minimum absolute atomic E-state index is 0.142. The zero-order valence-corrected chi connectivity index (χ0v) is 10.1. The molecule has 2 aromatic heterocycles. The summed E-state index contributed by atoms with van der Waals surface area (Å²) in [6.45, 7) is 0. The monoisotopic (exact) mass is 242 g/mol. The van der Waals surface area contributed by atoms with Crippen LogP contribution in [0.3, 0.4) is 0 Å².